The number of aromatic nitrogens is 2. The molecule has 1 aromatic heterocycles. The Morgan fingerprint density at radius 1 is 1.30 bits per heavy atom. The van der Waals surface area contributed by atoms with E-state index in [-0.39, 0.29) is 24.0 Å². The molecule has 0 atom stereocenters. The summed E-state index contributed by atoms with van der Waals surface area (Å²) in [7, 11) is 3.93. The second-order valence-corrected chi connectivity index (χ2v) is 4.92. The monoisotopic (exact) mass is 382 g/mol. The van der Waals surface area contributed by atoms with Crippen LogP contribution in [0.1, 0.15) is 11.3 Å². The molecule has 0 unspecified atom stereocenters. The lowest BCUT2D eigenvalue weighted by atomic mass is 10.2. The normalized spacial score (nSPS) is 12.8. The number of fused-ring (bicyclic) bond motifs is 1. The van der Waals surface area contributed by atoms with Crippen LogP contribution in [0.15, 0.2) is 30.3 Å². The van der Waals surface area contributed by atoms with Crippen LogP contribution in [0.3, 0.4) is 0 Å². The standard InChI is InChI=1S/C15H18N4.HI/c1-11-10-14(17-15(16-2)18(11)3)19-9-8-12-6-4-5-7-13(12)19;/h4-7,10H,8-9H2,1-3H3;1H. The Bertz CT molecular complexity index is 627. The minimum absolute atomic E-state index is 0. The van der Waals surface area contributed by atoms with Crippen molar-refractivity contribution in [3.05, 3.63) is 41.6 Å². The maximum absolute atomic E-state index is 4.71. The number of nitrogens with one attached hydrogen (secondary N) is 1. The van der Waals surface area contributed by atoms with Gasteiger partial charge < -0.3 is 28.9 Å². The summed E-state index contributed by atoms with van der Waals surface area (Å²) >= 11 is 0. The average Bonchev–Trinajstić information content (AvgIpc) is 2.85. The van der Waals surface area contributed by atoms with Crippen molar-refractivity contribution in [1.29, 1.82) is 0 Å². The highest BCUT2D eigenvalue weighted by molar-refractivity contribution is 5.67. The van der Waals surface area contributed by atoms with Crippen LogP contribution in [0.4, 0.5) is 17.5 Å². The molecule has 0 fully saturated rings. The predicted molar refractivity (Wildman–Crippen MR) is 76.8 cm³/mol. The Balaban J connectivity index is 0.00000147. The van der Waals surface area contributed by atoms with Crippen molar-refractivity contribution in [1.82, 2.24) is 4.98 Å². The summed E-state index contributed by atoms with van der Waals surface area (Å²) in [5.74, 6) is 1.91. The molecule has 20 heavy (non-hydrogen) atoms. The fourth-order valence-corrected chi connectivity index (χ4v) is 2.60. The molecule has 1 aromatic carbocycles. The molecule has 1 N–H and O–H groups in total. The molecule has 1 aliphatic heterocycles. The van der Waals surface area contributed by atoms with E-state index < -0.39 is 0 Å². The fourth-order valence-electron chi connectivity index (χ4n) is 2.60. The van der Waals surface area contributed by atoms with Crippen molar-refractivity contribution < 1.29 is 28.5 Å². The fraction of sp³-hybridized carbons (Fsp3) is 0.333. The summed E-state index contributed by atoms with van der Waals surface area (Å²) in [4.78, 5) is 7.01. The smallest absolute Gasteiger partial charge is 0.393 e. The van der Waals surface area contributed by atoms with Crippen molar-refractivity contribution in [2.45, 2.75) is 13.3 Å². The number of para-hydroxylation sites is 1. The molecule has 0 aliphatic carbocycles. The lowest BCUT2D eigenvalue weighted by molar-refractivity contribution is -0.665. The summed E-state index contributed by atoms with van der Waals surface area (Å²) in [6.45, 7) is 3.11. The Kier molecular flexibility index (Phi) is 4.47. The third-order valence-corrected chi connectivity index (χ3v) is 3.79. The van der Waals surface area contributed by atoms with E-state index in [0.717, 1.165) is 24.7 Å². The zero-order valence-corrected chi connectivity index (χ0v) is 14.2. The molecule has 0 saturated carbocycles. The van der Waals surface area contributed by atoms with Crippen molar-refractivity contribution in [3.63, 3.8) is 0 Å². The van der Waals surface area contributed by atoms with E-state index in [9.17, 15) is 0 Å². The van der Waals surface area contributed by atoms with E-state index in [1.807, 2.05) is 14.1 Å². The molecule has 0 bridgehead atoms. The Morgan fingerprint density at radius 3 is 2.80 bits per heavy atom. The van der Waals surface area contributed by atoms with Gasteiger partial charge in [-0.3, -0.25) is 5.32 Å². The first-order valence-corrected chi connectivity index (χ1v) is 6.61. The number of benzene rings is 1. The summed E-state index contributed by atoms with van der Waals surface area (Å²) in [6, 6.07) is 10.7. The average molecular weight is 382 g/mol. The van der Waals surface area contributed by atoms with Gasteiger partial charge in [-0.2, -0.15) is 0 Å². The van der Waals surface area contributed by atoms with Gasteiger partial charge in [-0.1, -0.05) is 23.2 Å². The molecule has 1 aliphatic rings. The van der Waals surface area contributed by atoms with Crippen molar-refractivity contribution in [3.8, 4) is 0 Å². The van der Waals surface area contributed by atoms with E-state index in [2.05, 4.69) is 52.0 Å². The number of nitrogens with zero attached hydrogens (tertiary/aromatic N) is 3. The van der Waals surface area contributed by atoms with E-state index in [0.29, 0.717) is 0 Å². The first-order chi connectivity index (χ1) is 9.20. The highest BCUT2D eigenvalue weighted by atomic mass is 127. The number of hydrogen-bond donors (Lipinski definition) is 1. The number of hydrogen-bond acceptors (Lipinski definition) is 3. The first-order valence-electron chi connectivity index (χ1n) is 6.61. The quantitative estimate of drug-likeness (QED) is 0.532. The molecular weight excluding hydrogens is 363 g/mol. The predicted octanol–water partition coefficient (Wildman–Crippen LogP) is -1.05. The number of anilines is 3. The molecule has 106 valence electrons. The van der Waals surface area contributed by atoms with Gasteiger partial charge in [0.15, 0.2) is 0 Å². The van der Waals surface area contributed by atoms with Crippen LogP contribution < -0.4 is 38.8 Å². The molecule has 0 amide bonds. The molecule has 2 heterocycles. The van der Waals surface area contributed by atoms with E-state index in [1.54, 1.807) is 0 Å². The topological polar surface area (TPSA) is 32.0 Å². The summed E-state index contributed by atoms with van der Waals surface area (Å²) < 4.78 is 2.06. The van der Waals surface area contributed by atoms with Gasteiger partial charge in [0.1, 0.15) is 0 Å². The van der Waals surface area contributed by atoms with Gasteiger partial charge in [0.25, 0.3) is 0 Å². The minimum Gasteiger partial charge on any atom is -1.00 e. The molecule has 5 heteroatoms. The van der Waals surface area contributed by atoms with Crippen molar-refractivity contribution in [2.75, 3.05) is 23.8 Å². The molecule has 2 aromatic rings. The SMILES string of the molecule is CNc1nc(N2CCc3ccccc32)cc(C)[n+]1C.[I-]. The molecule has 0 saturated heterocycles. The highest BCUT2D eigenvalue weighted by Gasteiger charge is 2.24. The summed E-state index contributed by atoms with van der Waals surface area (Å²) in [5, 5.41) is 3.15. The van der Waals surface area contributed by atoms with E-state index in [4.69, 9.17) is 4.98 Å². The molecule has 4 nitrogen and oxygen atoms in total. The van der Waals surface area contributed by atoms with Crippen molar-refractivity contribution >= 4 is 17.5 Å². The number of rotatable bonds is 2. The molecule has 0 radical (unpaired) electrons. The van der Waals surface area contributed by atoms with E-state index >= 15 is 0 Å². The van der Waals surface area contributed by atoms with Gasteiger partial charge in [0, 0.05) is 18.3 Å². The van der Waals surface area contributed by atoms with Crippen molar-refractivity contribution in [2.24, 2.45) is 7.05 Å². The third-order valence-electron chi connectivity index (χ3n) is 3.79. The van der Waals surface area contributed by atoms with E-state index in [1.165, 1.54) is 16.9 Å². The van der Waals surface area contributed by atoms with Crippen LogP contribution in [0, 0.1) is 6.92 Å². The summed E-state index contributed by atoms with van der Waals surface area (Å²) in [5.41, 5.74) is 3.88. The second-order valence-electron chi connectivity index (χ2n) is 4.92. The van der Waals surface area contributed by atoms with Crippen LogP contribution in [0.2, 0.25) is 0 Å². The zero-order chi connectivity index (χ0) is 13.4. The van der Waals surface area contributed by atoms with Gasteiger partial charge in [-0.25, -0.2) is 4.57 Å². The lowest BCUT2D eigenvalue weighted by Crippen LogP contribution is -3.00. The third kappa shape index (κ3) is 2.46. The van der Waals surface area contributed by atoms with Gasteiger partial charge >= 0.3 is 5.95 Å². The summed E-state index contributed by atoms with van der Waals surface area (Å²) in [6.07, 6.45) is 1.09. The van der Waals surface area contributed by atoms with Gasteiger partial charge in [-0.05, 0) is 25.0 Å². The zero-order valence-electron chi connectivity index (χ0n) is 12.0. The number of aryl methyl sites for hydroxylation is 1. The lowest BCUT2D eigenvalue weighted by Gasteiger charge is -2.17. The maximum atomic E-state index is 4.71. The molecular formula is C15H19IN4. The van der Waals surface area contributed by atoms with Crippen LogP contribution in [-0.2, 0) is 13.5 Å². The largest absolute Gasteiger partial charge is 1.00 e. The van der Waals surface area contributed by atoms with Crippen LogP contribution in [-0.4, -0.2) is 18.6 Å². The van der Waals surface area contributed by atoms with Crippen LogP contribution in [0.25, 0.3) is 0 Å². The molecule has 3 rings (SSSR count). The highest BCUT2D eigenvalue weighted by Crippen LogP contribution is 2.33. The van der Waals surface area contributed by atoms with Crippen LogP contribution >= 0.6 is 0 Å². The first kappa shape index (κ1) is 15.0. The Hall–Kier alpha value is -1.37. The van der Waals surface area contributed by atoms with Gasteiger partial charge in [-0.15, -0.1) is 0 Å². The maximum Gasteiger partial charge on any atom is 0.393 e. The minimum atomic E-state index is 0. The molecule has 0 spiro atoms. The van der Waals surface area contributed by atoms with Gasteiger partial charge in [0.2, 0.25) is 5.82 Å². The van der Waals surface area contributed by atoms with Gasteiger partial charge in [0.05, 0.1) is 19.8 Å². The Morgan fingerprint density at radius 2 is 2.05 bits per heavy atom. The van der Waals surface area contributed by atoms with Crippen LogP contribution in [0.5, 0.6) is 0 Å². The Labute approximate surface area is 136 Å². The number of halogens is 1. The second kappa shape index (κ2) is 5.95.